The Kier molecular flexibility index (Phi) is 6.19. The van der Waals surface area contributed by atoms with Gasteiger partial charge < -0.3 is 9.80 Å². The molecule has 1 atom stereocenters. The van der Waals surface area contributed by atoms with Gasteiger partial charge in [-0.2, -0.15) is 18.3 Å². The molecule has 1 amide bonds. The Bertz CT molecular complexity index is 1150. The molecule has 0 bridgehead atoms. The smallest absolute Gasteiger partial charge is 0.368 e. The Balaban J connectivity index is 1.39. The molecule has 0 radical (unpaired) electrons. The first kappa shape index (κ1) is 23.6. The van der Waals surface area contributed by atoms with Crippen molar-refractivity contribution >= 4 is 21.4 Å². The van der Waals surface area contributed by atoms with Crippen LogP contribution in [0.4, 0.5) is 18.9 Å². The van der Waals surface area contributed by atoms with Crippen molar-refractivity contribution in [1.82, 2.24) is 14.7 Å². The number of nitrogens with zero attached hydrogens (tertiary/aromatic N) is 4. The summed E-state index contributed by atoms with van der Waals surface area (Å²) in [5.74, 6) is 0.156. The fourth-order valence-electron chi connectivity index (χ4n) is 4.63. The Morgan fingerprint density at radius 2 is 1.85 bits per heavy atom. The molecule has 11 heteroatoms. The average Bonchev–Trinajstić information content (AvgIpc) is 3.26. The van der Waals surface area contributed by atoms with E-state index in [1.54, 1.807) is 15.6 Å². The van der Waals surface area contributed by atoms with Gasteiger partial charge in [-0.25, -0.2) is 8.42 Å². The van der Waals surface area contributed by atoms with Crippen LogP contribution in [0.1, 0.15) is 35.0 Å². The second-order valence-electron chi connectivity index (χ2n) is 8.74. The molecular weight excluding hydrogens is 457 g/mol. The molecule has 3 heterocycles. The van der Waals surface area contributed by atoms with Crippen molar-refractivity contribution in [3.8, 4) is 0 Å². The van der Waals surface area contributed by atoms with Crippen molar-refractivity contribution in [3.05, 3.63) is 46.8 Å². The lowest BCUT2D eigenvalue weighted by Gasteiger charge is -2.36. The van der Waals surface area contributed by atoms with Gasteiger partial charge in [0.25, 0.3) is 0 Å². The first-order chi connectivity index (χ1) is 15.4. The third-order valence-corrected chi connectivity index (χ3v) is 8.28. The summed E-state index contributed by atoms with van der Waals surface area (Å²) >= 11 is 0. The SMILES string of the molecule is Cc1nn(C2CCS(=O)(=O)C2)c(C)c1CC(=O)N1CCN(c2cccc(C(F)(F)F)c2)CC1. The van der Waals surface area contributed by atoms with Crippen molar-refractivity contribution in [1.29, 1.82) is 0 Å². The standard InChI is InChI=1S/C22H27F3N4O3S/c1-15-20(16(2)29(26-15)19-6-11-33(31,32)14-19)13-21(30)28-9-7-27(8-10-28)18-5-3-4-17(12-18)22(23,24)25/h3-5,12,19H,6-11,13-14H2,1-2H3. The zero-order valence-corrected chi connectivity index (χ0v) is 19.4. The van der Waals surface area contributed by atoms with Gasteiger partial charge in [0.05, 0.1) is 35.2 Å². The van der Waals surface area contributed by atoms with E-state index in [1.165, 1.54) is 6.07 Å². The Labute approximate surface area is 191 Å². The molecule has 0 aliphatic carbocycles. The molecule has 4 rings (SSSR count). The molecule has 0 saturated carbocycles. The quantitative estimate of drug-likeness (QED) is 0.667. The number of alkyl halides is 3. The van der Waals surface area contributed by atoms with Crippen LogP contribution in [0.25, 0.3) is 0 Å². The van der Waals surface area contributed by atoms with E-state index in [9.17, 15) is 26.4 Å². The van der Waals surface area contributed by atoms with Crippen LogP contribution in [-0.2, 0) is 27.2 Å². The molecule has 2 fully saturated rings. The van der Waals surface area contributed by atoms with E-state index in [4.69, 9.17) is 0 Å². The van der Waals surface area contributed by atoms with Gasteiger partial charge in [-0.1, -0.05) is 6.07 Å². The monoisotopic (exact) mass is 484 g/mol. The second-order valence-corrected chi connectivity index (χ2v) is 11.0. The number of benzene rings is 1. The summed E-state index contributed by atoms with van der Waals surface area (Å²) in [4.78, 5) is 16.5. The molecule has 33 heavy (non-hydrogen) atoms. The van der Waals surface area contributed by atoms with E-state index in [2.05, 4.69) is 5.10 Å². The number of carbonyl (C=O) groups excluding carboxylic acids is 1. The van der Waals surface area contributed by atoms with Gasteiger partial charge in [0.1, 0.15) is 0 Å². The number of hydrogen-bond acceptors (Lipinski definition) is 5. The number of piperazine rings is 1. The van der Waals surface area contributed by atoms with Gasteiger partial charge in [0.2, 0.25) is 5.91 Å². The highest BCUT2D eigenvalue weighted by molar-refractivity contribution is 7.91. The lowest BCUT2D eigenvalue weighted by molar-refractivity contribution is -0.137. The third kappa shape index (κ3) is 5.02. The fraction of sp³-hybridized carbons (Fsp3) is 0.545. The lowest BCUT2D eigenvalue weighted by Crippen LogP contribution is -2.49. The molecule has 1 aromatic carbocycles. The van der Waals surface area contributed by atoms with E-state index >= 15 is 0 Å². The van der Waals surface area contributed by atoms with Gasteiger partial charge in [-0.3, -0.25) is 9.48 Å². The average molecular weight is 485 g/mol. The number of sulfone groups is 1. The number of amides is 1. The van der Waals surface area contributed by atoms with Crippen molar-refractivity contribution in [3.63, 3.8) is 0 Å². The molecular formula is C22H27F3N4O3S. The number of carbonyl (C=O) groups is 1. The topological polar surface area (TPSA) is 75.5 Å². The summed E-state index contributed by atoms with van der Waals surface area (Å²) in [5, 5.41) is 4.52. The number of rotatable bonds is 4. The highest BCUT2D eigenvalue weighted by Gasteiger charge is 2.33. The molecule has 2 aliphatic rings. The first-order valence-corrected chi connectivity index (χ1v) is 12.7. The summed E-state index contributed by atoms with van der Waals surface area (Å²) in [7, 11) is -3.05. The number of aromatic nitrogens is 2. The number of halogens is 3. The van der Waals surface area contributed by atoms with Crippen LogP contribution in [0.2, 0.25) is 0 Å². The van der Waals surface area contributed by atoms with Crippen LogP contribution in [0.15, 0.2) is 24.3 Å². The van der Waals surface area contributed by atoms with Gasteiger partial charge >= 0.3 is 6.18 Å². The Hall–Kier alpha value is -2.56. The van der Waals surface area contributed by atoms with Gasteiger partial charge in [0, 0.05) is 43.1 Å². The van der Waals surface area contributed by atoms with Crippen LogP contribution >= 0.6 is 0 Å². The summed E-state index contributed by atoms with van der Waals surface area (Å²) in [5.41, 5.74) is 2.15. The molecule has 7 nitrogen and oxygen atoms in total. The Morgan fingerprint density at radius 1 is 1.15 bits per heavy atom. The minimum Gasteiger partial charge on any atom is -0.368 e. The summed E-state index contributed by atoms with van der Waals surface area (Å²) < 4.78 is 64.4. The van der Waals surface area contributed by atoms with Crippen molar-refractivity contribution < 1.29 is 26.4 Å². The first-order valence-electron chi connectivity index (χ1n) is 10.9. The van der Waals surface area contributed by atoms with Gasteiger partial charge in [-0.15, -0.1) is 0 Å². The molecule has 2 aromatic rings. The number of aryl methyl sites for hydroxylation is 1. The molecule has 0 N–H and O–H groups in total. The number of anilines is 1. The highest BCUT2D eigenvalue weighted by Crippen LogP contribution is 2.32. The maximum Gasteiger partial charge on any atom is 0.416 e. The largest absolute Gasteiger partial charge is 0.416 e. The number of hydrogen-bond donors (Lipinski definition) is 0. The van der Waals surface area contributed by atoms with Crippen molar-refractivity contribution in [2.24, 2.45) is 0 Å². The predicted molar refractivity (Wildman–Crippen MR) is 118 cm³/mol. The van der Waals surface area contributed by atoms with Crippen LogP contribution in [0.3, 0.4) is 0 Å². The maximum absolute atomic E-state index is 13.0. The molecule has 1 aromatic heterocycles. The lowest BCUT2D eigenvalue weighted by atomic mass is 10.1. The normalized spacial score (nSPS) is 20.9. The highest BCUT2D eigenvalue weighted by atomic mass is 32.2. The zero-order chi connectivity index (χ0) is 24.0. The second kappa shape index (κ2) is 8.66. The predicted octanol–water partition coefficient (Wildman–Crippen LogP) is 2.77. The van der Waals surface area contributed by atoms with Crippen LogP contribution in [-0.4, -0.2) is 66.7 Å². The molecule has 1 unspecified atom stereocenters. The Morgan fingerprint density at radius 3 is 2.45 bits per heavy atom. The van der Waals surface area contributed by atoms with Crippen LogP contribution < -0.4 is 4.90 Å². The minimum atomic E-state index is -4.39. The van der Waals surface area contributed by atoms with Gasteiger partial charge in [0.15, 0.2) is 9.84 Å². The molecule has 180 valence electrons. The summed E-state index contributed by atoms with van der Waals surface area (Å²) in [6.07, 6.45) is -3.70. The molecule has 0 spiro atoms. The summed E-state index contributed by atoms with van der Waals surface area (Å²) in [6, 6.07) is 5.04. The molecule has 2 saturated heterocycles. The zero-order valence-electron chi connectivity index (χ0n) is 18.6. The van der Waals surface area contributed by atoms with Crippen molar-refractivity contribution in [2.45, 2.75) is 38.9 Å². The van der Waals surface area contributed by atoms with Gasteiger partial charge in [-0.05, 0) is 38.5 Å². The fourth-order valence-corrected chi connectivity index (χ4v) is 6.32. The van der Waals surface area contributed by atoms with E-state index in [0.717, 1.165) is 23.4 Å². The van der Waals surface area contributed by atoms with Crippen LogP contribution in [0, 0.1) is 13.8 Å². The summed E-state index contributed by atoms with van der Waals surface area (Å²) in [6.45, 7) is 5.42. The third-order valence-electron chi connectivity index (χ3n) is 6.53. The van der Waals surface area contributed by atoms with E-state index in [0.29, 0.717) is 44.0 Å². The van der Waals surface area contributed by atoms with Crippen LogP contribution in [0.5, 0.6) is 0 Å². The minimum absolute atomic E-state index is 0.0662. The van der Waals surface area contributed by atoms with E-state index in [1.807, 2.05) is 18.7 Å². The maximum atomic E-state index is 13.0. The van der Waals surface area contributed by atoms with Crippen molar-refractivity contribution in [2.75, 3.05) is 42.6 Å². The van der Waals surface area contributed by atoms with E-state index < -0.39 is 21.6 Å². The molecule has 2 aliphatic heterocycles. The van der Waals surface area contributed by atoms with E-state index in [-0.39, 0.29) is 29.9 Å².